The number of rotatable bonds is 7. The first-order chi connectivity index (χ1) is 13.5. The maximum atomic E-state index is 11.7. The SMILES string of the molecule is CCc1nc(C(N)=O)c(Nc2ccc(CCN3CCN(C)CC3)cc2)nc1Cl. The van der Waals surface area contributed by atoms with Gasteiger partial charge in [-0.2, -0.15) is 0 Å². The second kappa shape index (κ2) is 9.32. The molecule has 0 aliphatic carbocycles. The molecule has 1 aromatic heterocycles. The van der Waals surface area contributed by atoms with Gasteiger partial charge in [-0.15, -0.1) is 0 Å². The number of anilines is 2. The molecule has 1 amide bonds. The van der Waals surface area contributed by atoms with E-state index in [1.54, 1.807) is 0 Å². The van der Waals surface area contributed by atoms with Crippen molar-refractivity contribution < 1.29 is 4.79 Å². The Hall–Kier alpha value is -2.22. The number of halogens is 1. The van der Waals surface area contributed by atoms with E-state index in [-0.39, 0.29) is 16.7 Å². The van der Waals surface area contributed by atoms with Gasteiger partial charge in [-0.05, 0) is 37.6 Å². The zero-order valence-electron chi connectivity index (χ0n) is 16.4. The van der Waals surface area contributed by atoms with Gasteiger partial charge in [0.2, 0.25) is 0 Å². The number of nitrogens with zero attached hydrogens (tertiary/aromatic N) is 4. The maximum Gasteiger partial charge on any atom is 0.271 e. The molecule has 0 saturated carbocycles. The number of hydrogen-bond acceptors (Lipinski definition) is 6. The van der Waals surface area contributed by atoms with E-state index >= 15 is 0 Å². The Balaban J connectivity index is 1.64. The molecular formula is C20H27ClN6O. The molecule has 0 radical (unpaired) electrons. The first-order valence-electron chi connectivity index (χ1n) is 9.59. The van der Waals surface area contributed by atoms with Crippen molar-refractivity contribution in [2.75, 3.05) is 45.1 Å². The number of hydrogen-bond donors (Lipinski definition) is 2. The molecule has 1 aromatic carbocycles. The standard InChI is InChI=1S/C20H27ClN6O/c1-3-16-18(21)25-20(17(24-16)19(22)28)23-15-6-4-14(5-7-15)8-9-27-12-10-26(2)11-13-27/h4-7H,3,8-13H2,1-2H3,(H2,22,28)(H,23,25). The molecule has 2 aromatic rings. The predicted octanol–water partition coefficient (Wildman–Crippen LogP) is 2.32. The monoisotopic (exact) mass is 402 g/mol. The number of likely N-dealkylation sites (N-methyl/N-ethyl adjacent to an activating group) is 1. The molecule has 0 spiro atoms. The molecule has 3 N–H and O–H groups in total. The molecule has 0 bridgehead atoms. The van der Waals surface area contributed by atoms with Crippen LogP contribution in [0.25, 0.3) is 0 Å². The second-order valence-corrected chi connectivity index (χ2v) is 7.45. The minimum absolute atomic E-state index is 0.0976. The summed E-state index contributed by atoms with van der Waals surface area (Å²) < 4.78 is 0. The van der Waals surface area contributed by atoms with Gasteiger partial charge in [-0.1, -0.05) is 30.7 Å². The van der Waals surface area contributed by atoms with Crippen LogP contribution in [0.4, 0.5) is 11.5 Å². The van der Waals surface area contributed by atoms with Crippen LogP contribution >= 0.6 is 11.6 Å². The number of piperazine rings is 1. The summed E-state index contributed by atoms with van der Waals surface area (Å²) in [6, 6.07) is 8.09. The van der Waals surface area contributed by atoms with Gasteiger partial charge in [0.15, 0.2) is 16.7 Å². The van der Waals surface area contributed by atoms with Crippen LogP contribution in [0.5, 0.6) is 0 Å². The lowest BCUT2D eigenvalue weighted by Crippen LogP contribution is -2.45. The number of aryl methyl sites for hydroxylation is 1. The van der Waals surface area contributed by atoms with Crippen LogP contribution < -0.4 is 11.1 Å². The molecule has 2 heterocycles. The molecule has 0 atom stereocenters. The van der Waals surface area contributed by atoms with Gasteiger partial charge in [-0.25, -0.2) is 9.97 Å². The lowest BCUT2D eigenvalue weighted by Gasteiger charge is -2.32. The van der Waals surface area contributed by atoms with E-state index in [2.05, 4.69) is 44.3 Å². The predicted molar refractivity (Wildman–Crippen MR) is 112 cm³/mol. The van der Waals surface area contributed by atoms with Crippen molar-refractivity contribution in [1.82, 2.24) is 19.8 Å². The molecule has 3 rings (SSSR count). The van der Waals surface area contributed by atoms with Gasteiger partial charge >= 0.3 is 0 Å². The van der Waals surface area contributed by atoms with E-state index in [0.29, 0.717) is 12.1 Å². The third kappa shape index (κ3) is 5.19. The van der Waals surface area contributed by atoms with Crippen molar-refractivity contribution in [3.05, 3.63) is 46.4 Å². The fraction of sp³-hybridized carbons (Fsp3) is 0.450. The van der Waals surface area contributed by atoms with Gasteiger partial charge in [-0.3, -0.25) is 4.79 Å². The number of carbonyl (C=O) groups excluding carboxylic acids is 1. The average molecular weight is 403 g/mol. The summed E-state index contributed by atoms with van der Waals surface area (Å²) in [6.07, 6.45) is 1.59. The zero-order valence-corrected chi connectivity index (χ0v) is 17.2. The third-order valence-corrected chi connectivity index (χ3v) is 5.32. The van der Waals surface area contributed by atoms with Crippen molar-refractivity contribution >= 4 is 29.0 Å². The van der Waals surface area contributed by atoms with Crippen LogP contribution in [-0.2, 0) is 12.8 Å². The third-order valence-electron chi connectivity index (χ3n) is 5.02. The zero-order chi connectivity index (χ0) is 20.1. The highest BCUT2D eigenvalue weighted by atomic mass is 35.5. The number of benzene rings is 1. The van der Waals surface area contributed by atoms with Crippen LogP contribution in [0.2, 0.25) is 5.15 Å². The largest absolute Gasteiger partial charge is 0.364 e. The molecule has 1 saturated heterocycles. The summed E-state index contributed by atoms with van der Waals surface area (Å²) in [5.74, 6) is -0.356. The molecule has 8 heteroatoms. The number of primary amides is 1. The van der Waals surface area contributed by atoms with E-state index in [0.717, 1.165) is 44.8 Å². The summed E-state index contributed by atoms with van der Waals surface area (Å²) in [4.78, 5) is 25.1. The van der Waals surface area contributed by atoms with E-state index in [1.165, 1.54) is 5.56 Å². The Morgan fingerprint density at radius 2 is 1.86 bits per heavy atom. The fourth-order valence-corrected chi connectivity index (χ4v) is 3.44. The Labute approximate surface area is 170 Å². The molecule has 1 aliphatic heterocycles. The fourth-order valence-electron chi connectivity index (χ4n) is 3.18. The van der Waals surface area contributed by atoms with E-state index in [4.69, 9.17) is 17.3 Å². The van der Waals surface area contributed by atoms with E-state index in [1.807, 2.05) is 19.1 Å². The summed E-state index contributed by atoms with van der Waals surface area (Å²) in [5.41, 5.74) is 8.18. The Kier molecular flexibility index (Phi) is 6.83. The van der Waals surface area contributed by atoms with Crippen LogP contribution in [0.15, 0.2) is 24.3 Å². The van der Waals surface area contributed by atoms with Crippen molar-refractivity contribution in [2.24, 2.45) is 5.73 Å². The van der Waals surface area contributed by atoms with Crippen LogP contribution in [-0.4, -0.2) is 65.4 Å². The maximum absolute atomic E-state index is 11.7. The highest BCUT2D eigenvalue weighted by Gasteiger charge is 2.16. The molecule has 7 nitrogen and oxygen atoms in total. The van der Waals surface area contributed by atoms with Crippen molar-refractivity contribution in [1.29, 1.82) is 0 Å². The van der Waals surface area contributed by atoms with Crippen molar-refractivity contribution in [3.8, 4) is 0 Å². The number of carbonyl (C=O) groups is 1. The van der Waals surface area contributed by atoms with Gasteiger partial charge in [0.25, 0.3) is 5.91 Å². The van der Waals surface area contributed by atoms with Crippen molar-refractivity contribution in [2.45, 2.75) is 19.8 Å². The number of aromatic nitrogens is 2. The van der Waals surface area contributed by atoms with Gasteiger partial charge in [0.05, 0.1) is 5.69 Å². The molecule has 28 heavy (non-hydrogen) atoms. The lowest BCUT2D eigenvalue weighted by molar-refractivity contribution is 0.0996. The smallest absolute Gasteiger partial charge is 0.271 e. The molecule has 150 valence electrons. The number of nitrogens with one attached hydrogen (secondary N) is 1. The summed E-state index contributed by atoms with van der Waals surface area (Å²) in [6.45, 7) is 7.47. The summed E-state index contributed by atoms with van der Waals surface area (Å²) >= 11 is 6.15. The van der Waals surface area contributed by atoms with E-state index < -0.39 is 5.91 Å². The Bertz CT molecular complexity index is 818. The van der Waals surface area contributed by atoms with Gasteiger partial charge in [0.1, 0.15) is 0 Å². The quantitative estimate of drug-likeness (QED) is 0.739. The Morgan fingerprint density at radius 3 is 2.46 bits per heavy atom. The molecule has 1 fully saturated rings. The van der Waals surface area contributed by atoms with Crippen LogP contribution in [0.3, 0.4) is 0 Å². The molecular weight excluding hydrogens is 376 g/mol. The minimum atomic E-state index is -0.634. The normalized spacial score (nSPS) is 15.5. The number of amides is 1. The van der Waals surface area contributed by atoms with Crippen LogP contribution in [0.1, 0.15) is 28.7 Å². The minimum Gasteiger partial charge on any atom is -0.364 e. The van der Waals surface area contributed by atoms with Crippen molar-refractivity contribution in [3.63, 3.8) is 0 Å². The summed E-state index contributed by atoms with van der Waals surface area (Å²) in [5, 5.41) is 3.39. The van der Waals surface area contributed by atoms with Gasteiger partial charge in [0, 0.05) is 38.4 Å². The van der Waals surface area contributed by atoms with Gasteiger partial charge < -0.3 is 20.9 Å². The molecule has 0 unspecified atom stereocenters. The molecule has 1 aliphatic rings. The lowest BCUT2D eigenvalue weighted by atomic mass is 10.1. The Morgan fingerprint density at radius 1 is 1.18 bits per heavy atom. The highest BCUT2D eigenvalue weighted by Crippen LogP contribution is 2.22. The van der Waals surface area contributed by atoms with Crippen LogP contribution in [0, 0.1) is 0 Å². The topological polar surface area (TPSA) is 87.4 Å². The first kappa shape index (κ1) is 20.5. The van der Waals surface area contributed by atoms with E-state index in [9.17, 15) is 4.79 Å². The number of nitrogens with two attached hydrogens (primary N) is 1. The summed E-state index contributed by atoms with van der Waals surface area (Å²) in [7, 11) is 2.17. The average Bonchev–Trinajstić information content (AvgIpc) is 2.68. The second-order valence-electron chi connectivity index (χ2n) is 7.09. The first-order valence-corrected chi connectivity index (χ1v) is 9.97. The highest BCUT2D eigenvalue weighted by molar-refractivity contribution is 6.30.